The van der Waals surface area contributed by atoms with Crippen LogP contribution in [0.5, 0.6) is 0 Å². The van der Waals surface area contributed by atoms with E-state index in [9.17, 15) is 9.59 Å². The topological polar surface area (TPSA) is 58.2 Å². The van der Waals surface area contributed by atoms with Crippen molar-refractivity contribution >= 4 is 23.2 Å². The van der Waals surface area contributed by atoms with Gasteiger partial charge in [0.05, 0.1) is 0 Å². The average Bonchev–Trinajstić information content (AvgIpc) is 2.80. The lowest BCUT2D eigenvalue weighted by atomic mass is 10.1. The lowest BCUT2D eigenvalue weighted by Crippen LogP contribution is -2.45. The number of hydrogen-bond donors (Lipinski definition) is 2. The lowest BCUT2D eigenvalue weighted by molar-refractivity contribution is -0.128. The Morgan fingerprint density at radius 1 is 1.50 bits per heavy atom. The zero-order chi connectivity index (χ0) is 12.8. The van der Waals surface area contributed by atoms with Crippen LogP contribution >= 0.6 is 11.3 Å². The normalized spacial score (nSPS) is 20.0. The average molecular weight is 266 g/mol. The summed E-state index contributed by atoms with van der Waals surface area (Å²) < 4.78 is 0. The smallest absolute Gasteiger partial charge is 0.242 e. The molecule has 2 amide bonds. The lowest BCUT2D eigenvalue weighted by Gasteiger charge is -2.14. The van der Waals surface area contributed by atoms with Gasteiger partial charge in [-0.15, -0.1) is 0 Å². The zero-order valence-electron chi connectivity index (χ0n) is 10.3. The second-order valence-electron chi connectivity index (χ2n) is 4.54. The monoisotopic (exact) mass is 266 g/mol. The van der Waals surface area contributed by atoms with E-state index in [0.29, 0.717) is 6.42 Å². The van der Waals surface area contributed by atoms with E-state index in [-0.39, 0.29) is 17.9 Å². The van der Waals surface area contributed by atoms with Gasteiger partial charge in [0, 0.05) is 13.0 Å². The van der Waals surface area contributed by atoms with Crippen LogP contribution in [0.15, 0.2) is 16.8 Å². The van der Waals surface area contributed by atoms with Crippen molar-refractivity contribution in [2.75, 3.05) is 6.54 Å². The molecule has 0 saturated carbocycles. The predicted octanol–water partition coefficient (Wildman–Crippen LogP) is 1.47. The SMILES string of the molecule is O=C(CCc1ccsc1)N[C@@H]1CCCCNC1=O. The Morgan fingerprint density at radius 2 is 2.39 bits per heavy atom. The van der Waals surface area contributed by atoms with Gasteiger partial charge in [-0.2, -0.15) is 11.3 Å². The molecule has 2 heterocycles. The van der Waals surface area contributed by atoms with Crippen LogP contribution in [0.25, 0.3) is 0 Å². The molecule has 1 aliphatic rings. The third kappa shape index (κ3) is 3.84. The predicted molar refractivity (Wildman–Crippen MR) is 71.4 cm³/mol. The van der Waals surface area contributed by atoms with E-state index in [1.165, 1.54) is 5.56 Å². The Bertz CT molecular complexity index is 403. The van der Waals surface area contributed by atoms with Crippen LogP contribution in [-0.4, -0.2) is 24.4 Å². The van der Waals surface area contributed by atoms with Gasteiger partial charge in [0.1, 0.15) is 6.04 Å². The van der Waals surface area contributed by atoms with Crippen molar-refractivity contribution in [2.45, 2.75) is 38.1 Å². The van der Waals surface area contributed by atoms with Crippen LogP contribution in [0.2, 0.25) is 0 Å². The second kappa shape index (κ2) is 6.54. The summed E-state index contributed by atoms with van der Waals surface area (Å²) in [7, 11) is 0. The Balaban J connectivity index is 1.77. The Kier molecular flexibility index (Phi) is 4.75. The maximum atomic E-state index is 11.8. The van der Waals surface area contributed by atoms with Gasteiger partial charge in [-0.3, -0.25) is 9.59 Å². The summed E-state index contributed by atoms with van der Waals surface area (Å²) in [5, 5.41) is 9.69. The first-order valence-electron chi connectivity index (χ1n) is 6.34. The van der Waals surface area contributed by atoms with Crippen molar-refractivity contribution < 1.29 is 9.59 Å². The van der Waals surface area contributed by atoms with Gasteiger partial charge in [-0.1, -0.05) is 0 Å². The maximum Gasteiger partial charge on any atom is 0.242 e. The standard InChI is InChI=1S/C13H18N2O2S/c16-12(5-4-10-6-8-18-9-10)15-11-3-1-2-7-14-13(11)17/h6,8-9,11H,1-5,7H2,(H,14,17)(H,15,16)/t11-/m1/s1. The van der Waals surface area contributed by atoms with Crippen molar-refractivity contribution in [3.05, 3.63) is 22.4 Å². The fraction of sp³-hybridized carbons (Fsp3) is 0.538. The first kappa shape index (κ1) is 13.1. The largest absolute Gasteiger partial charge is 0.354 e. The number of aryl methyl sites for hydroxylation is 1. The van der Waals surface area contributed by atoms with Crippen molar-refractivity contribution in [1.82, 2.24) is 10.6 Å². The van der Waals surface area contributed by atoms with E-state index in [0.717, 1.165) is 32.2 Å². The fourth-order valence-electron chi connectivity index (χ4n) is 2.04. The number of amides is 2. The molecule has 1 aliphatic heterocycles. The summed E-state index contributed by atoms with van der Waals surface area (Å²) in [6.07, 6.45) is 3.90. The molecule has 98 valence electrons. The van der Waals surface area contributed by atoms with E-state index >= 15 is 0 Å². The van der Waals surface area contributed by atoms with Crippen molar-refractivity contribution in [3.8, 4) is 0 Å². The number of thiophene rings is 1. The molecule has 2 N–H and O–H groups in total. The highest BCUT2D eigenvalue weighted by Crippen LogP contribution is 2.09. The number of carbonyl (C=O) groups excluding carboxylic acids is 2. The summed E-state index contributed by atoms with van der Waals surface area (Å²) in [6, 6.07) is 1.68. The molecule has 5 heteroatoms. The maximum absolute atomic E-state index is 11.8. The van der Waals surface area contributed by atoms with Gasteiger partial charge >= 0.3 is 0 Å². The van der Waals surface area contributed by atoms with E-state index in [1.807, 2.05) is 16.8 Å². The molecule has 1 atom stereocenters. The van der Waals surface area contributed by atoms with Crippen molar-refractivity contribution in [2.24, 2.45) is 0 Å². The summed E-state index contributed by atoms with van der Waals surface area (Å²) >= 11 is 1.63. The molecule has 0 bridgehead atoms. The Labute approximate surface area is 111 Å². The van der Waals surface area contributed by atoms with E-state index in [2.05, 4.69) is 10.6 Å². The minimum absolute atomic E-state index is 0.0387. The van der Waals surface area contributed by atoms with Gasteiger partial charge in [0.15, 0.2) is 0 Å². The highest BCUT2D eigenvalue weighted by molar-refractivity contribution is 7.07. The minimum Gasteiger partial charge on any atom is -0.354 e. The van der Waals surface area contributed by atoms with Crippen LogP contribution in [0.3, 0.4) is 0 Å². The highest BCUT2D eigenvalue weighted by Gasteiger charge is 2.21. The molecule has 0 spiro atoms. The van der Waals surface area contributed by atoms with Crippen LogP contribution in [0, 0.1) is 0 Å². The molecule has 2 rings (SSSR count). The molecule has 1 fully saturated rings. The van der Waals surface area contributed by atoms with Crippen molar-refractivity contribution in [1.29, 1.82) is 0 Å². The summed E-state index contributed by atoms with van der Waals surface area (Å²) in [4.78, 5) is 23.4. The Morgan fingerprint density at radius 3 is 3.17 bits per heavy atom. The van der Waals surface area contributed by atoms with Gasteiger partial charge in [-0.25, -0.2) is 0 Å². The van der Waals surface area contributed by atoms with Gasteiger partial charge in [-0.05, 0) is 48.1 Å². The third-order valence-corrected chi connectivity index (χ3v) is 3.82. The molecule has 18 heavy (non-hydrogen) atoms. The van der Waals surface area contributed by atoms with E-state index in [4.69, 9.17) is 0 Å². The van der Waals surface area contributed by atoms with E-state index < -0.39 is 0 Å². The molecular weight excluding hydrogens is 248 g/mol. The third-order valence-electron chi connectivity index (χ3n) is 3.09. The molecule has 0 aromatic carbocycles. The molecule has 4 nitrogen and oxygen atoms in total. The molecule has 0 aliphatic carbocycles. The van der Waals surface area contributed by atoms with Crippen LogP contribution in [0.4, 0.5) is 0 Å². The first-order chi connectivity index (χ1) is 8.75. The zero-order valence-corrected chi connectivity index (χ0v) is 11.1. The molecule has 1 aromatic heterocycles. The summed E-state index contributed by atoms with van der Waals surface area (Å²) in [6.45, 7) is 0.722. The highest BCUT2D eigenvalue weighted by atomic mass is 32.1. The molecule has 0 radical (unpaired) electrons. The second-order valence-corrected chi connectivity index (χ2v) is 5.32. The number of carbonyl (C=O) groups is 2. The van der Waals surface area contributed by atoms with Gasteiger partial charge in [0.25, 0.3) is 0 Å². The minimum atomic E-state index is -0.345. The number of hydrogen-bond acceptors (Lipinski definition) is 3. The quantitative estimate of drug-likeness (QED) is 0.867. The van der Waals surface area contributed by atoms with E-state index in [1.54, 1.807) is 11.3 Å². The first-order valence-corrected chi connectivity index (χ1v) is 7.28. The van der Waals surface area contributed by atoms with Crippen LogP contribution < -0.4 is 10.6 Å². The summed E-state index contributed by atoms with van der Waals surface area (Å²) in [5.41, 5.74) is 1.18. The van der Waals surface area contributed by atoms with Crippen molar-refractivity contribution in [3.63, 3.8) is 0 Å². The molecule has 0 unspecified atom stereocenters. The Hall–Kier alpha value is -1.36. The number of rotatable bonds is 4. The van der Waals surface area contributed by atoms with Crippen LogP contribution in [-0.2, 0) is 16.0 Å². The molecule has 1 aromatic rings. The van der Waals surface area contributed by atoms with Gasteiger partial charge in [0.2, 0.25) is 11.8 Å². The fourth-order valence-corrected chi connectivity index (χ4v) is 2.74. The van der Waals surface area contributed by atoms with Gasteiger partial charge < -0.3 is 10.6 Å². The number of nitrogens with one attached hydrogen (secondary N) is 2. The van der Waals surface area contributed by atoms with Crippen LogP contribution in [0.1, 0.15) is 31.2 Å². The molecular formula is C13H18N2O2S. The summed E-state index contributed by atoms with van der Waals surface area (Å²) in [5.74, 6) is -0.0837. The molecule has 1 saturated heterocycles.